The molecule has 0 saturated carbocycles. The lowest BCUT2D eigenvalue weighted by molar-refractivity contribution is 0.196. The van der Waals surface area contributed by atoms with Gasteiger partial charge in [0.2, 0.25) is 0 Å². The molecule has 110 valence electrons. The molecule has 3 atom stereocenters. The highest BCUT2D eigenvalue weighted by Gasteiger charge is 2.37. The molecule has 1 aliphatic carbocycles. The third-order valence-electron chi connectivity index (χ3n) is 4.73. The number of rotatable bonds is 4. The van der Waals surface area contributed by atoms with Gasteiger partial charge in [0.15, 0.2) is 0 Å². The highest BCUT2D eigenvalue weighted by Crippen LogP contribution is 2.36. The summed E-state index contributed by atoms with van der Waals surface area (Å²) in [5.41, 5.74) is 2.81. The van der Waals surface area contributed by atoms with E-state index in [1.165, 1.54) is 42.1 Å². The van der Waals surface area contributed by atoms with Crippen molar-refractivity contribution in [1.82, 2.24) is 15.2 Å². The Labute approximate surface area is 126 Å². The van der Waals surface area contributed by atoms with Gasteiger partial charge in [-0.1, -0.05) is 13.0 Å². The Balaban J connectivity index is 1.84. The monoisotopic (exact) mass is 291 g/mol. The molecule has 2 heterocycles. The highest BCUT2D eigenvalue weighted by atomic mass is 32.2. The number of hydrogen-bond donors (Lipinski definition) is 1. The first-order valence-corrected chi connectivity index (χ1v) is 8.92. The predicted octanol–water partition coefficient (Wildman–Crippen LogP) is 2.14. The van der Waals surface area contributed by atoms with Gasteiger partial charge in [-0.2, -0.15) is 11.8 Å². The number of nitrogens with zero attached hydrogens (tertiary/aromatic N) is 2. The van der Waals surface area contributed by atoms with Crippen molar-refractivity contribution in [3.05, 3.63) is 29.6 Å². The number of likely N-dealkylation sites (N-methyl/N-ethyl adjacent to an activating group) is 2. The second-order valence-corrected chi connectivity index (χ2v) is 7.05. The third-order valence-corrected chi connectivity index (χ3v) is 5.78. The standard InChI is InChI=1S/C16H25N3S/c1-3-17-16(14-11-20-10-9-19(14)2)13-7-6-12-5-4-8-18-15(12)13/h4-5,8,13-14,16-17H,3,6-7,9-11H2,1-2H3. The van der Waals surface area contributed by atoms with Crippen molar-refractivity contribution >= 4 is 11.8 Å². The molecular weight excluding hydrogens is 266 g/mol. The van der Waals surface area contributed by atoms with Crippen LogP contribution in [-0.4, -0.2) is 53.6 Å². The third kappa shape index (κ3) is 2.74. The molecule has 3 rings (SSSR count). The minimum Gasteiger partial charge on any atom is -0.312 e. The second kappa shape index (κ2) is 6.46. The molecule has 1 aromatic heterocycles. The van der Waals surface area contributed by atoms with Crippen LogP contribution >= 0.6 is 11.8 Å². The maximum atomic E-state index is 4.70. The van der Waals surface area contributed by atoms with Crippen LogP contribution < -0.4 is 5.32 Å². The number of hydrogen-bond acceptors (Lipinski definition) is 4. The Hall–Kier alpha value is -0.580. The number of nitrogens with one attached hydrogen (secondary N) is 1. The summed E-state index contributed by atoms with van der Waals surface area (Å²) in [5, 5.41) is 3.77. The van der Waals surface area contributed by atoms with Crippen LogP contribution in [0, 0.1) is 0 Å². The summed E-state index contributed by atoms with van der Waals surface area (Å²) >= 11 is 2.10. The number of aryl methyl sites for hydroxylation is 1. The van der Waals surface area contributed by atoms with E-state index in [0.717, 1.165) is 6.54 Å². The van der Waals surface area contributed by atoms with Crippen LogP contribution in [0.15, 0.2) is 18.3 Å². The summed E-state index contributed by atoms with van der Waals surface area (Å²) in [6.45, 7) is 4.47. The molecule has 0 spiro atoms. The lowest BCUT2D eigenvalue weighted by Crippen LogP contribution is -2.55. The molecular formula is C16H25N3S. The van der Waals surface area contributed by atoms with Crippen LogP contribution in [0.3, 0.4) is 0 Å². The second-order valence-electron chi connectivity index (χ2n) is 5.90. The van der Waals surface area contributed by atoms with Crippen LogP contribution in [0.25, 0.3) is 0 Å². The first kappa shape index (κ1) is 14.4. The summed E-state index contributed by atoms with van der Waals surface area (Å²) in [6.07, 6.45) is 4.40. The number of thioether (sulfide) groups is 1. The minimum atomic E-state index is 0.536. The zero-order valence-corrected chi connectivity index (χ0v) is 13.3. The van der Waals surface area contributed by atoms with Crippen molar-refractivity contribution in [3.63, 3.8) is 0 Å². The Morgan fingerprint density at radius 2 is 2.45 bits per heavy atom. The first-order valence-electron chi connectivity index (χ1n) is 7.76. The topological polar surface area (TPSA) is 28.2 Å². The molecule has 0 bridgehead atoms. The van der Waals surface area contributed by atoms with E-state index in [9.17, 15) is 0 Å². The summed E-state index contributed by atoms with van der Waals surface area (Å²) in [4.78, 5) is 7.24. The van der Waals surface area contributed by atoms with Crippen LogP contribution in [0.5, 0.6) is 0 Å². The molecule has 1 saturated heterocycles. The normalized spacial score (nSPS) is 28.3. The van der Waals surface area contributed by atoms with Crippen LogP contribution in [0.1, 0.15) is 30.5 Å². The van der Waals surface area contributed by atoms with E-state index >= 15 is 0 Å². The van der Waals surface area contributed by atoms with E-state index in [-0.39, 0.29) is 0 Å². The van der Waals surface area contributed by atoms with Gasteiger partial charge in [-0.25, -0.2) is 0 Å². The van der Waals surface area contributed by atoms with E-state index in [2.05, 4.69) is 48.1 Å². The lowest BCUT2D eigenvalue weighted by atomic mass is 9.90. The van der Waals surface area contributed by atoms with Gasteiger partial charge in [0.05, 0.1) is 0 Å². The maximum absolute atomic E-state index is 4.70. The van der Waals surface area contributed by atoms with Crippen molar-refractivity contribution in [2.24, 2.45) is 0 Å². The zero-order chi connectivity index (χ0) is 13.9. The Morgan fingerprint density at radius 1 is 1.55 bits per heavy atom. The molecule has 1 N–H and O–H groups in total. The summed E-state index contributed by atoms with van der Waals surface area (Å²) in [7, 11) is 2.28. The van der Waals surface area contributed by atoms with E-state index in [4.69, 9.17) is 4.98 Å². The van der Waals surface area contributed by atoms with E-state index < -0.39 is 0 Å². The summed E-state index contributed by atoms with van der Waals surface area (Å²) in [6, 6.07) is 5.50. The van der Waals surface area contributed by atoms with Gasteiger partial charge in [-0.05, 0) is 38.1 Å². The molecule has 0 radical (unpaired) electrons. The smallest absolute Gasteiger partial charge is 0.0482 e. The molecule has 1 fully saturated rings. The quantitative estimate of drug-likeness (QED) is 0.920. The van der Waals surface area contributed by atoms with Gasteiger partial charge in [0.25, 0.3) is 0 Å². The van der Waals surface area contributed by atoms with Gasteiger partial charge in [0.1, 0.15) is 0 Å². The van der Waals surface area contributed by atoms with Crippen molar-refractivity contribution in [2.45, 2.75) is 37.8 Å². The lowest BCUT2D eigenvalue weighted by Gasteiger charge is -2.40. The minimum absolute atomic E-state index is 0.536. The van der Waals surface area contributed by atoms with Crippen LogP contribution in [-0.2, 0) is 6.42 Å². The molecule has 4 heteroatoms. The van der Waals surface area contributed by atoms with E-state index in [1.54, 1.807) is 0 Å². The highest BCUT2D eigenvalue weighted by molar-refractivity contribution is 7.99. The van der Waals surface area contributed by atoms with E-state index in [1.807, 2.05) is 6.20 Å². The molecule has 3 nitrogen and oxygen atoms in total. The number of aromatic nitrogens is 1. The fourth-order valence-electron chi connectivity index (χ4n) is 3.66. The molecule has 0 aromatic carbocycles. The van der Waals surface area contributed by atoms with Crippen LogP contribution in [0.2, 0.25) is 0 Å². The van der Waals surface area contributed by atoms with Gasteiger partial charge < -0.3 is 10.2 Å². The first-order chi connectivity index (χ1) is 9.81. The zero-order valence-electron chi connectivity index (χ0n) is 12.5. The molecule has 20 heavy (non-hydrogen) atoms. The maximum Gasteiger partial charge on any atom is 0.0482 e. The molecule has 1 aliphatic heterocycles. The average molecular weight is 291 g/mol. The number of pyridine rings is 1. The fraction of sp³-hybridized carbons (Fsp3) is 0.688. The SMILES string of the molecule is CCNC(C1CCc2cccnc21)C1CSCCN1C. The van der Waals surface area contributed by atoms with Crippen LogP contribution in [0.4, 0.5) is 0 Å². The van der Waals surface area contributed by atoms with Crippen molar-refractivity contribution in [3.8, 4) is 0 Å². The fourth-order valence-corrected chi connectivity index (χ4v) is 4.95. The predicted molar refractivity (Wildman–Crippen MR) is 86.5 cm³/mol. The molecule has 2 aliphatic rings. The van der Waals surface area contributed by atoms with E-state index in [0.29, 0.717) is 18.0 Å². The van der Waals surface area contributed by atoms with Crippen molar-refractivity contribution in [1.29, 1.82) is 0 Å². The Morgan fingerprint density at radius 3 is 3.25 bits per heavy atom. The van der Waals surface area contributed by atoms with Gasteiger partial charge in [-0.15, -0.1) is 0 Å². The number of fused-ring (bicyclic) bond motifs is 1. The Kier molecular flexibility index (Phi) is 4.64. The molecule has 3 unspecified atom stereocenters. The van der Waals surface area contributed by atoms with Crippen molar-refractivity contribution in [2.75, 3.05) is 31.6 Å². The largest absolute Gasteiger partial charge is 0.312 e. The summed E-state index contributed by atoms with van der Waals surface area (Å²) in [5.74, 6) is 3.09. The summed E-state index contributed by atoms with van der Waals surface area (Å²) < 4.78 is 0. The van der Waals surface area contributed by atoms with Gasteiger partial charge >= 0.3 is 0 Å². The molecule has 1 aromatic rings. The van der Waals surface area contributed by atoms with Crippen molar-refractivity contribution < 1.29 is 0 Å². The average Bonchev–Trinajstić information content (AvgIpc) is 2.90. The van der Waals surface area contributed by atoms with Gasteiger partial charge in [0, 0.05) is 47.9 Å². The molecule has 0 amide bonds. The van der Waals surface area contributed by atoms with Gasteiger partial charge in [-0.3, -0.25) is 4.98 Å². The Bertz CT molecular complexity index is 451.